The highest BCUT2D eigenvalue weighted by molar-refractivity contribution is 6.27. The van der Waals surface area contributed by atoms with Gasteiger partial charge in [0.05, 0.1) is 23.1 Å². The van der Waals surface area contributed by atoms with Crippen LogP contribution >= 0.6 is 0 Å². The van der Waals surface area contributed by atoms with Crippen molar-refractivity contribution in [1.82, 2.24) is 9.94 Å². The van der Waals surface area contributed by atoms with Gasteiger partial charge in [-0.05, 0) is 18.2 Å². The molecular formula is C19H11N3O5. The lowest BCUT2D eigenvalue weighted by molar-refractivity contribution is -0.106. The summed E-state index contributed by atoms with van der Waals surface area (Å²) in [6.07, 6.45) is 13.3. The first-order valence-electron chi connectivity index (χ1n) is 7.86. The average Bonchev–Trinajstić information content (AvgIpc) is 3.27. The van der Waals surface area contributed by atoms with Gasteiger partial charge in [0.2, 0.25) is 18.0 Å². The molecule has 0 aromatic carbocycles. The van der Waals surface area contributed by atoms with Gasteiger partial charge in [-0.3, -0.25) is 14.4 Å². The van der Waals surface area contributed by atoms with Gasteiger partial charge in [0.15, 0.2) is 11.5 Å². The van der Waals surface area contributed by atoms with E-state index >= 15 is 0 Å². The molecule has 0 bridgehead atoms. The van der Waals surface area contributed by atoms with E-state index in [0.29, 0.717) is 22.5 Å². The van der Waals surface area contributed by atoms with Crippen molar-refractivity contribution in [2.75, 3.05) is 0 Å². The summed E-state index contributed by atoms with van der Waals surface area (Å²) in [6.45, 7) is 0. The van der Waals surface area contributed by atoms with Crippen LogP contribution in [0.25, 0.3) is 6.08 Å². The largest absolute Gasteiger partial charge is 0.460 e. The van der Waals surface area contributed by atoms with Gasteiger partial charge in [0.25, 0.3) is 0 Å². The molecule has 0 saturated heterocycles. The zero-order valence-electron chi connectivity index (χ0n) is 13.7. The van der Waals surface area contributed by atoms with E-state index in [9.17, 15) is 19.6 Å². The highest BCUT2D eigenvalue weighted by atomic mass is 16.5. The number of allylic oxidation sites excluding steroid dienone is 7. The molecule has 4 rings (SSSR count). The fourth-order valence-corrected chi connectivity index (χ4v) is 2.90. The van der Waals surface area contributed by atoms with E-state index in [1.165, 1.54) is 18.4 Å². The molecule has 27 heavy (non-hydrogen) atoms. The summed E-state index contributed by atoms with van der Waals surface area (Å²) in [5.74, 6) is -1.10. The standard InChI is InChI=1S/C19H11N3O5/c23-10-20-13-6-2-1-4-11(13)5-3-7-14-15-16(21-22(14)26)18(25)19-12(17(15)24)8-9-27-19/h1-10,26H/b7-3+,11-5-,20-13?. The molecule has 2 aliphatic rings. The number of aliphatic imine (C=N–C) groups is 1. The maximum absolute atomic E-state index is 12.6. The van der Waals surface area contributed by atoms with Crippen molar-refractivity contribution in [3.05, 3.63) is 82.6 Å². The Labute approximate surface area is 152 Å². The molecule has 0 aliphatic heterocycles. The fourth-order valence-electron chi connectivity index (χ4n) is 2.90. The van der Waals surface area contributed by atoms with Crippen LogP contribution in [0.3, 0.4) is 0 Å². The lowest BCUT2D eigenvalue weighted by Gasteiger charge is -2.07. The third-order valence-electron chi connectivity index (χ3n) is 4.12. The van der Waals surface area contributed by atoms with Crippen LogP contribution in [0.5, 0.6) is 0 Å². The smallest absolute Gasteiger partial charge is 0.250 e. The number of nitrogens with zero attached hydrogens (tertiary/aromatic N) is 3. The number of hydrogen-bond acceptors (Lipinski definition) is 6. The van der Waals surface area contributed by atoms with Crippen molar-refractivity contribution in [1.29, 1.82) is 0 Å². The van der Waals surface area contributed by atoms with E-state index < -0.39 is 11.6 Å². The molecule has 2 aromatic rings. The molecule has 132 valence electrons. The second kappa shape index (κ2) is 6.34. The third kappa shape index (κ3) is 2.60. The van der Waals surface area contributed by atoms with Crippen LogP contribution in [0.1, 0.15) is 37.9 Å². The molecule has 0 saturated carbocycles. The van der Waals surface area contributed by atoms with Gasteiger partial charge in [0, 0.05) is 5.57 Å². The van der Waals surface area contributed by atoms with Crippen molar-refractivity contribution in [3.63, 3.8) is 0 Å². The third-order valence-corrected chi connectivity index (χ3v) is 4.12. The van der Waals surface area contributed by atoms with Crippen LogP contribution in [0.4, 0.5) is 0 Å². The average molecular weight is 361 g/mol. The second-order valence-corrected chi connectivity index (χ2v) is 5.64. The lowest BCUT2D eigenvalue weighted by atomic mass is 9.92. The summed E-state index contributed by atoms with van der Waals surface area (Å²) >= 11 is 0. The van der Waals surface area contributed by atoms with E-state index in [1.807, 2.05) is 0 Å². The van der Waals surface area contributed by atoms with Crippen molar-refractivity contribution in [2.24, 2.45) is 4.99 Å². The van der Waals surface area contributed by atoms with Gasteiger partial charge in [-0.1, -0.05) is 30.4 Å². The first-order chi connectivity index (χ1) is 13.1. The minimum Gasteiger partial charge on any atom is -0.460 e. The summed E-state index contributed by atoms with van der Waals surface area (Å²) in [5.41, 5.74) is 1.18. The summed E-state index contributed by atoms with van der Waals surface area (Å²) in [5, 5.41) is 13.8. The maximum atomic E-state index is 12.6. The Morgan fingerprint density at radius 1 is 1.19 bits per heavy atom. The first kappa shape index (κ1) is 16.4. The molecule has 8 nitrogen and oxygen atoms in total. The molecule has 2 heterocycles. The Hall–Kier alpha value is -4.07. The van der Waals surface area contributed by atoms with Crippen LogP contribution in [0, 0.1) is 0 Å². The molecule has 1 N–H and O–H groups in total. The monoisotopic (exact) mass is 361 g/mol. The molecule has 8 heteroatoms. The number of rotatable bonds is 3. The second-order valence-electron chi connectivity index (χ2n) is 5.64. The minimum atomic E-state index is -0.564. The lowest BCUT2D eigenvalue weighted by Crippen LogP contribution is -2.18. The minimum absolute atomic E-state index is 0.00640. The highest BCUT2D eigenvalue weighted by Crippen LogP contribution is 2.30. The van der Waals surface area contributed by atoms with E-state index in [-0.39, 0.29) is 28.3 Å². The molecule has 0 fully saturated rings. The summed E-state index contributed by atoms with van der Waals surface area (Å²) in [6, 6.07) is 1.41. The topological polar surface area (TPSA) is 115 Å². The molecule has 0 atom stereocenters. The molecule has 2 aliphatic carbocycles. The molecule has 0 unspecified atom stereocenters. The zero-order chi connectivity index (χ0) is 19.0. The maximum Gasteiger partial charge on any atom is 0.250 e. The Bertz CT molecular complexity index is 1140. The van der Waals surface area contributed by atoms with Crippen LogP contribution in [-0.2, 0) is 4.79 Å². The molecule has 1 amide bonds. The van der Waals surface area contributed by atoms with E-state index in [2.05, 4.69) is 10.1 Å². The van der Waals surface area contributed by atoms with Crippen LogP contribution in [-0.4, -0.2) is 38.8 Å². The number of fused-ring (bicyclic) bond motifs is 2. The first-order valence-corrected chi connectivity index (χ1v) is 7.86. The number of hydrogen-bond donors (Lipinski definition) is 1. The molecule has 2 aromatic heterocycles. The number of furan rings is 1. The molecule has 0 radical (unpaired) electrons. The van der Waals surface area contributed by atoms with Gasteiger partial charge >= 0.3 is 0 Å². The summed E-state index contributed by atoms with van der Waals surface area (Å²) < 4.78 is 5.06. The normalized spacial score (nSPS) is 18.5. The predicted octanol–water partition coefficient (Wildman–Crippen LogP) is 2.15. The van der Waals surface area contributed by atoms with Crippen molar-refractivity contribution >= 4 is 29.8 Å². The number of amides is 1. The van der Waals surface area contributed by atoms with Crippen LogP contribution in [0.2, 0.25) is 0 Å². The Morgan fingerprint density at radius 2 is 2.00 bits per heavy atom. The van der Waals surface area contributed by atoms with E-state index in [1.54, 1.807) is 36.5 Å². The van der Waals surface area contributed by atoms with Crippen LogP contribution < -0.4 is 0 Å². The Balaban J connectivity index is 1.73. The van der Waals surface area contributed by atoms with E-state index in [0.717, 1.165) is 0 Å². The number of aromatic nitrogens is 2. The van der Waals surface area contributed by atoms with Crippen LogP contribution in [0.15, 0.2) is 63.8 Å². The molecule has 0 spiro atoms. The number of ketones is 2. The van der Waals surface area contributed by atoms with Gasteiger partial charge in [-0.2, -0.15) is 0 Å². The van der Waals surface area contributed by atoms with Gasteiger partial charge < -0.3 is 9.62 Å². The SMILES string of the molecule is O=CN=C1C=CC=C/C1=C/C=C/c1c2c(nn1O)C(=O)c1occc1C2=O. The fraction of sp³-hybridized carbons (Fsp3) is 0. The predicted molar refractivity (Wildman–Crippen MR) is 93.9 cm³/mol. The Morgan fingerprint density at radius 3 is 2.81 bits per heavy atom. The van der Waals surface area contributed by atoms with Crippen molar-refractivity contribution in [3.8, 4) is 0 Å². The van der Waals surface area contributed by atoms with Crippen molar-refractivity contribution < 1.29 is 24.0 Å². The quantitative estimate of drug-likeness (QED) is 0.565. The highest BCUT2D eigenvalue weighted by Gasteiger charge is 2.38. The number of carbonyl (C=O) groups excluding carboxylic acids is 3. The molecular weight excluding hydrogens is 350 g/mol. The summed E-state index contributed by atoms with van der Waals surface area (Å²) in [7, 11) is 0. The van der Waals surface area contributed by atoms with Crippen molar-refractivity contribution in [2.45, 2.75) is 0 Å². The zero-order valence-corrected chi connectivity index (χ0v) is 13.7. The summed E-state index contributed by atoms with van der Waals surface area (Å²) in [4.78, 5) is 39.9. The van der Waals surface area contributed by atoms with Gasteiger partial charge in [-0.15, -0.1) is 9.94 Å². The number of carbonyl (C=O) groups is 3. The van der Waals surface area contributed by atoms with E-state index in [4.69, 9.17) is 4.42 Å². The Kier molecular flexibility index (Phi) is 3.85. The van der Waals surface area contributed by atoms with Gasteiger partial charge in [-0.25, -0.2) is 4.99 Å². The van der Waals surface area contributed by atoms with Gasteiger partial charge in [0.1, 0.15) is 5.69 Å².